The Labute approximate surface area is 163 Å². The second-order valence-electron chi connectivity index (χ2n) is 9.20. The molecule has 4 rings (SSSR count). The summed E-state index contributed by atoms with van der Waals surface area (Å²) in [5.41, 5.74) is -6.39. The van der Waals surface area contributed by atoms with Crippen LogP contribution in [0.3, 0.4) is 0 Å². The zero-order valence-corrected chi connectivity index (χ0v) is 16.8. The van der Waals surface area contributed by atoms with E-state index in [4.69, 9.17) is 14.2 Å². The number of carbonyl (C=O) groups excluding carboxylic acids is 2. The fraction of sp³-hybridized carbons (Fsp3) is 0.800. The van der Waals surface area contributed by atoms with Gasteiger partial charge in [-0.25, -0.2) is 4.79 Å². The number of rotatable bonds is 2. The largest absolute Gasteiger partial charge is 0.458 e. The first-order chi connectivity index (χ1) is 12.8. The van der Waals surface area contributed by atoms with Crippen molar-refractivity contribution in [1.82, 2.24) is 0 Å². The van der Waals surface area contributed by atoms with Crippen molar-refractivity contribution in [2.75, 3.05) is 0 Å². The Morgan fingerprint density at radius 2 is 1.86 bits per heavy atom. The molecule has 0 aromatic carbocycles. The number of fused-ring (bicyclic) bond motifs is 2. The van der Waals surface area contributed by atoms with E-state index in [1.54, 1.807) is 26.8 Å². The highest BCUT2D eigenvalue weighted by Gasteiger charge is 2.91. The van der Waals surface area contributed by atoms with E-state index < -0.39 is 64.5 Å². The van der Waals surface area contributed by atoms with E-state index >= 15 is 0 Å². The molecular formula is C20H28O8. The summed E-state index contributed by atoms with van der Waals surface area (Å²) in [4.78, 5) is 24.9. The van der Waals surface area contributed by atoms with Crippen LogP contribution in [0.15, 0.2) is 11.6 Å². The van der Waals surface area contributed by atoms with Crippen molar-refractivity contribution in [3.63, 3.8) is 0 Å². The van der Waals surface area contributed by atoms with Gasteiger partial charge in [0.2, 0.25) is 0 Å². The topological polar surface area (TPSA) is 126 Å². The molecule has 9 unspecified atom stereocenters. The Hall–Kier alpha value is -1.48. The average Bonchev–Trinajstić information content (AvgIpc) is 3.20. The van der Waals surface area contributed by atoms with Crippen LogP contribution in [0.25, 0.3) is 0 Å². The third-order valence-corrected chi connectivity index (χ3v) is 7.49. The summed E-state index contributed by atoms with van der Waals surface area (Å²) in [6.07, 6.45) is -0.975. The van der Waals surface area contributed by atoms with Crippen molar-refractivity contribution in [2.45, 2.75) is 88.2 Å². The van der Waals surface area contributed by atoms with Crippen molar-refractivity contribution in [2.24, 2.45) is 11.8 Å². The molecule has 4 fully saturated rings. The van der Waals surface area contributed by atoms with E-state index in [-0.39, 0.29) is 12.8 Å². The standard InChI is InChI=1S/C20H28O8/c1-6-9(2)15(21)26-11-7-18(5,24)20-12(28-20)8-17(4,23)19(20,25)14-13(11)10(3)16(22)27-14/h6,10-14,23-25H,7-8H2,1-5H3. The molecule has 0 radical (unpaired) electrons. The zero-order valence-electron chi connectivity index (χ0n) is 16.8. The van der Waals surface area contributed by atoms with Gasteiger partial charge < -0.3 is 29.5 Å². The highest BCUT2D eigenvalue weighted by molar-refractivity contribution is 5.87. The van der Waals surface area contributed by atoms with Gasteiger partial charge in [0.1, 0.15) is 17.8 Å². The number of epoxide rings is 1. The summed E-state index contributed by atoms with van der Waals surface area (Å²) in [7, 11) is 0. The molecule has 2 aliphatic carbocycles. The molecular weight excluding hydrogens is 368 g/mol. The summed E-state index contributed by atoms with van der Waals surface area (Å²) in [6.45, 7) is 7.93. The Morgan fingerprint density at radius 3 is 2.46 bits per heavy atom. The molecule has 0 amide bonds. The monoisotopic (exact) mass is 396 g/mol. The lowest BCUT2D eigenvalue weighted by Gasteiger charge is -2.47. The molecule has 156 valence electrons. The molecule has 4 aliphatic rings. The molecule has 1 spiro atoms. The third-order valence-electron chi connectivity index (χ3n) is 7.49. The Kier molecular flexibility index (Phi) is 3.94. The van der Waals surface area contributed by atoms with Gasteiger partial charge in [-0.05, 0) is 27.7 Å². The number of esters is 2. The summed E-state index contributed by atoms with van der Waals surface area (Å²) in [5.74, 6) is -2.52. The van der Waals surface area contributed by atoms with E-state index in [1.165, 1.54) is 13.8 Å². The molecule has 0 aromatic rings. The molecule has 8 heteroatoms. The normalized spacial score (nSPS) is 54.9. The minimum Gasteiger partial charge on any atom is -0.458 e. The van der Waals surface area contributed by atoms with E-state index in [2.05, 4.69) is 0 Å². The summed E-state index contributed by atoms with van der Waals surface area (Å²) < 4.78 is 17.0. The number of hydrogen-bond donors (Lipinski definition) is 3. The third kappa shape index (κ3) is 2.09. The van der Waals surface area contributed by atoms with Crippen LogP contribution in [0.5, 0.6) is 0 Å². The zero-order chi connectivity index (χ0) is 20.9. The van der Waals surface area contributed by atoms with Gasteiger partial charge in [-0.2, -0.15) is 0 Å². The summed E-state index contributed by atoms with van der Waals surface area (Å²) in [5, 5.41) is 34.2. The molecule has 3 N–H and O–H groups in total. The minimum absolute atomic E-state index is 0.0488. The maximum absolute atomic E-state index is 12.4. The Balaban J connectivity index is 1.84. The van der Waals surface area contributed by atoms with E-state index in [0.29, 0.717) is 5.57 Å². The highest BCUT2D eigenvalue weighted by Crippen LogP contribution is 2.70. The van der Waals surface area contributed by atoms with Crippen LogP contribution in [-0.2, 0) is 23.8 Å². The summed E-state index contributed by atoms with van der Waals surface area (Å²) >= 11 is 0. The number of carbonyl (C=O) groups is 2. The lowest BCUT2D eigenvalue weighted by molar-refractivity contribution is -0.250. The smallest absolute Gasteiger partial charge is 0.333 e. The van der Waals surface area contributed by atoms with Crippen molar-refractivity contribution in [1.29, 1.82) is 0 Å². The quantitative estimate of drug-likeness (QED) is 0.344. The van der Waals surface area contributed by atoms with Crippen LogP contribution in [0, 0.1) is 11.8 Å². The predicted molar refractivity (Wildman–Crippen MR) is 94.9 cm³/mol. The van der Waals surface area contributed by atoms with Crippen molar-refractivity contribution in [3.8, 4) is 0 Å². The molecule has 28 heavy (non-hydrogen) atoms. The number of ether oxygens (including phenoxy) is 3. The van der Waals surface area contributed by atoms with Gasteiger partial charge >= 0.3 is 11.9 Å². The Morgan fingerprint density at radius 1 is 1.21 bits per heavy atom. The average molecular weight is 396 g/mol. The predicted octanol–water partition coefficient (Wildman–Crippen LogP) is 0.220. The lowest BCUT2D eigenvalue weighted by Crippen LogP contribution is -2.70. The highest BCUT2D eigenvalue weighted by atomic mass is 16.7. The van der Waals surface area contributed by atoms with Crippen molar-refractivity contribution < 1.29 is 39.1 Å². The molecule has 2 heterocycles. The number of hydrogen-bond acceptors (Lipinski definition) is 8. The van der Waals surface area contributed by atoms with Gasteiger partial charge in [-0.15, -0.1) is 0 Å². The van der Waals surface area contributed by atoms with E-state index in [9.17, 15) is 24.9 Å². The van der Waals surface area contributed by atoms with Crippen LogP contribution in [0.1, 0.15) is 47.5 Å². The van der Waals surface area contributed by atoms with Crippen molar-refractivity contribution >= 4 is 11.9 Å². The minimum atomic E-state index is -2.03. The first-order valence-corrected chi connectivity index (χ1v) is 9.73. The Bertz CT molecular complexity index is 770. The van der Waals surface area contributed by atoms with E-state index in [0.717, 1.165) is 0 Å². The van der Waals surface area contributed by atoms with Gasteiger partial charge in [0, 0.05) is 24.3 Å². The molecule has 2 saturated carbocycles. The van der Waals surface area contributed by atoms with Gasteiger partial charge in [0.05, 0.1) is 17.6 Å². The second-order valence-corrected chi connectivity index (χ2v) is 9.20. The van der Waals surface area contributed by atoms with Crippen LogP contribution in [-0.4, -0.2) is 68.0 Å². The van der Waals surface area contributed by atoms with Crippen LogP contribution in [0.2, 0.25) is 0 Å². The maximum atomic E-state index is 12.4. The van der Waals surface area contributed by atoms with Crippen LogP contribution in [0.4, 0.5) is 0 Å². The maximum Gasteiger partial charge on any atom is 0.333 e. The van der Waals surface area contributed by atoms with Gasteiger partial charge in [0.15, 0.2) is 11.2 Å². The number of allylic oxidation sites excluding steroid dienone is 1. The second kappa shape index (κ2) is 5.56. The number of aliphatic hydroxyl groups is 3. The fourth-order valence-corrected chi connectivity index (χ4v) is 5.79. The van der Waals surface area contributed by atoms with Gasteiger partial charge in [-0.3, -0.25) is 4.79 Å². The first kappa shape index (κ1) is 19.8. The SMILES string of the molecule is CC=C(C)C(=O)OC1CC(C)(O)C23OC2CC(C)(O)C3(O)C2OC(=O)C(C)C12. The molecule has 2 saturated heterocycles. The first-order valence-electron chi connectivity index (χ1n) is 9.73. The van der Waals surface area contributed by atoms with E-state index in [1.807, 2.05) is 0 Å². The van der Waals surface area contributed by atoms with Gasteiger partial charge in [0.25, 0.3) is 0 Å². The lowest BCUT2D eigenvalue weighted by atomic mass is 9.68. The molecule has 8 nitrogen and oxygen atoms in total. The summed E-state index contributed by atoms with van der Waals surface area (Å²) in [6, 6.07) is 0. The van der Waals surface area contributed by atoms with Crippen LogP contribution >= 0.6 is 0 Å². The van der Waals surface area contributed by atoms with Gasteiger partial charge in [-0.1, -0.05) is 13.0 Å². The van der Waals surface area contributed by atoms with Crippen molar-refractivity contribution in [3.05, 3.63) is 11.6 Å². The molecule has 0 bridgehead atoms. The fourth-order valence-electron chi connectivity index (χ4n) is 5.79. The molecule has 2 aliphatic heterocycles. The molecule has 0 aromatic heterocycles. The van der Waals surface area contributed by atoms with Crippen LogP contribution < -0.4 is 0 Å². The molecule has 9 atom stereocenters.